The second-order valence-corrected chi connectivity index (χ2v) is 7.63. The van der Waals surface area contributed by atoms with E-state index in [9.17, 15) is 17.6 Å². The van der Waals surface area contributed by atoms with Gasteiger partial charge in [0.25, 0.3) is 0 Å². The van der Waals surface area contributed by atoms with Gasteiger partial charge in [-0.15, -0.1) is 12.4 Å². The van der Waals surface area contributed by atoms with Crippen LogP contribution in [0.3, 0.4) is 0 Å². The van der Waals surface area contributed by atoms with E-state index in [2.05, 4.69) is 0 Å². The van der Waals surface area contributed by atoms with Crippen LogP contribution in [0.5, 0.6) is 0 Å². The quantitative estimate of drug-likeness (QED) is 0.822. The fraction of sp³-hybridized carbons (Fsp3) is 0.462. The molecule has 0 aromatic heterocycles. The minimum Gasteiger partial charge on any atom is -0.340 e. The lowest BCUT2D eigenvalue weighted by atomic mass is 10.1. The molecule has 1 unspecified atom stereocenters. The van der Waals surface area contributed by atoms with E-state index >= 15 is 0 Å². The van der Waals surface area contributed by atoms with Gasteiger partial charge in [-0.1, -0.05) is 17.7 Å². The van der Waals surface area contributed by atoms with Gasteiger partial charge in [-0.3, -0.25) is 4.79 Å². The number of amides is 1. The highest BCUT2D eigenvalue weighted by Crippen LogP contribution is 2.16. The molecule has 0 saturated carbocycles. The van der Waals surface area contributed by atoms with Gasteiger partial charge in [-0.25, -0.2) is 12.8 Å². The molecule has 1 amide bonds. The maximum atomic E-state index is 13.3. The van der Waals surface area contributed by atoms with E-state index in [1.54, 1.807) is 6.07 Å². The van der Waals surface area contributed by atoms with E-state index in [4.69, 9.17) is 17.3 Å². The standard InChI is InChI=1S/C13H18ClFN2O3S.ClH/c1-17(8-9-3-4-10(14)11(15)7-9)13(18)12(16)5-6-21(2,19)20;/h3-4,7,12H,5-6,8,16H2,1-2H3;1H. The SMILES string of the molecule is CN(Cc1ccc(Cl)c(F)c1)C(=O)C(N)CCS(C)(=O)=O.Cl. The summed E-state index contributed by atoms with van der Waals surface area (Å²) < 4.78 is 35.4. The number of halogens is 3. The van der Waals surface area contributed by atoms with Gasteiger partial charge in [0.1, 0.15) is 15.7 Å². The summed E-state index contributed by atoms with van der Waals surface area (Å²) in [5.41, 5.74) is 6.25. The van der Waals surface area contributed by atoms with Crippen LogP contribution in [0.1, 0.15) is 12.0 Å². The van der Waals surface area contributed by atoms with Crippen LogP contribution in [0.15, 0.2) is 18.2 Å². The zero-order valence-electron chi connectivity index (χ0n) is 12.3. The van der Waals surface area contributed by atoms with Gasteiger partial charge >= 0.3 is 0 Å². The first-order valence-corrected chi connectivity index (χ1v) is 8.66. The Kier molecular flexibility index (Phi) is 8.32. The van der Waals surface area contributed by atoms with Gasteiger partial charge in [0.05, 0.1) is 16.8 Å². The largest absolute Gasteiger partial charge is 0.340 e. The average Bonchev–Trinajstić information content (AvgIpc) is 2.38. The Balaban J connectivity index is 0.00000441. The summed E-state index contributed by atoms with van der Waals surface area (Å²) >= 11 is 5.58. The number of likely N-dealkylation sites (N-methyl/N-ethyl adjacent to an activating group) is 1. The summed E-state index contributed by atoms with van der Waals surface area (Å²) in [6.07, 6.45) is 1.14. The number of sulfone groups is 1. The Bertz CT molecular complexity index is 626. The molecule has 0 aliphatic heterocycles. The second kappa shape index (κ2) is 8.67. The van der Waals surface area contributed by atoms with Crippen molar-refractivity contribution in [3.63, 3.8) is 0 Å². The third-order valence-corrected chi connectivity index (χ3v) is 4.18. The lowest BCUT2D eigenvalue weighted by Crippen LogP contribution is -2.42. The molecular formula is C13H19Cl2FN2O3S. The van der Waals surface area contributed by atoms with Crippen molar-refractivity contribution in [1.29, 1.82) is 0 Å². The zero-order valence-corrected chi connectivity index (χ0v) is 14.6. The predicted molar refractivity (Wildman–Crippen MR) is 87.4 cm³/mol. The smallest absolute Gasteiger partial charge is 0.239 e. The van der Waals surface area contributed by atoms with E-state index < -0.39 is 27.6 Å². The van der Waals surface area contributed by atoms with Crippen molar-refractivity contribution >= 4 is 39.8 Å². The first-order chi connectivity index (χ1) is 9.60. The fourth-order valence-electron chi connectivity index (χ4n) is 1.74. The lowest BCUT2D eigenvalue weighted by molar-refractivity contribution is -0.131. The number of hydrogen-bond acceptors (Lipinski definition) is 4. The number of nitrogens with two attached hydrogens (primary N) is 1. The molecule has 0 radical (unpaired) electrons. The molecule has 2 N–H and O–H groups in total. The van der Waals surface area contributed by atoms with Gasteiger partial charge in [0, 0.05) is 19.8 Å². The van der Waals surface area contributed by atoms with Crippen molar-refractivity contribution < 1.29 is 17.6 Å². The van der Waals surface area contributed by atoms with Gasteiger partial charge < -0.3 is 10.6 Å². The molecule has 0 aliphatic carbocycles. The van der Waals surface area contributed by atoms with Gasteiger partial charge in [0.2, 0.25) is 5.91 Å². The summed E-state index contributed by atoms with van der Waals surface area (Å²) in [7, 11) is -1.64. The van der Waals surface area contributed by atoms with Crippen LogP contribution in [-0.4, -0.2) is 44.3 Å². The molecule has 126 valence electrons. The van der Waals surface area contributed by atoms with Crippen LogP contribution in [-0.2, 0) is 21.2 Å². The highest BCUT2D eigenvalue weighted by Gasteiger charge is 2.20. The lowest BCUT2D eigenvalue weighted by Gasteiger charge is -2.21. The van der Waals surface area contributed by atoms with Crippen molar-refractivity contribution in [3.05, 3.63) is 34.6 Å². The summed E-state index contributed by atoms with van der Waals surface area (Å²) in [5.74, 6) is -1.10. The topological polar surface area (TPSA) is 80.5 Å². The average molecular weight is 373 g/mol. The Morgan fingerprint density at radius 1 is 1.45 bits per heavy atom. The molecule has 1 atom stereocenters. The number of hydrogen-bond donors (Lipinski definition) is 1. The summed E-state index contributed by atoms with van der Waals surface area (Å²) in [5, 5.41) is 0.0117. The summed E-state index contributed by atoms with van der Waals surface area (Å²) in [6, 6.07) is 3.36. The molecule has 5 nitrogen and oxygen atoms in total. The zero-order chi connectivity index (χ0) is 16.2. The molecule has 0 fully saturated rings. The molecule has 1 aromatic rings. The van der Waals surface area contributed by atoms with Crippen LogP contribution in [0.4, 0.5) is 4.39 Å². The van der Waals surface area contributed by atoms with Crippen molar-refractivity contribution in [2.75, 3.05) is 19.1 Å². The van der Waals surface area contributed by atoms with Crippen molar-refractivity contribution in [1.82, 2.24) is 4.90 Å². The Hall–Kier alpha value is -0.890. The minimum absolute atomic E-state index is 0. The number of rotatable bonds is 6. The Morgan fingerprint density at radius 3 is 2.55 bits per heavy atom. The molecule has 1 aromatic carbocycles. The fourth-order valence-corrected chi connectivity index (χ4v) is 2.54. The van der Waals surface area contributed by atoms with Crippen LogP contribution in [0, 0.1) is 5.82 Å². The second-order valence-electron chi connectivity index (χ2n) is 4.97. The molecule has 0 saturated heterocycles. The van der Waals surface area contributed by atoms with E-state index in [0.29, 0.717) is 5.56 Å². The number of benzene rings is 1. The molecular weight excluding hydrogens is 354 g/mol. The molecule has 0 heterocycles. The van der Waals surface area contributed by atoms with Crippen molar-refractivity contribution in [2.24, 2.45) is 5.73 Å². The molecule has 22 heavy (non-hydrogen) atoms. The van der Waals surface area contributed by atoms with Crippen LogP contribution in [0.25, 0.3) is 0 Å². The van der Waals surface area contributed by atoms with Gasteiger partial charge in [-0.2, -0.15) is 0 Å². The van der Waals surface area contributed by atoms with E-state index in [0.717, 1.165) is 6.26 Å². The summed E-state index contributed by atoms with van der Waals surface area (Å²) in [4.78, 5) is 13.3. The van der Waals surface area contributed by atoms with Crippen LogP contribution < -0.4 is 5.73 Å². The molecule has 0 aliphatic rings. The Morgan fingerprint density at radius 2 is 2.05 bits per heavy atom. The van der Waals surface area contributed by atoms with E-state index in [1.165, 1.54) is 24.1 Å². The number of carbonyl (C=O) groups is 1. The van der Waals surface area contributed by atoms with Crippen LogP contribution in [0.2, 0.25) is 5.02 Å². The van der Waals surface area contributed by atoms with Crippen LogP contribution >= 0.6 is 24.0 Å². The Labute approximate surface area is 140 Å². The number of carbonyl (C=O) groups excluding carboxylic acids is 1. The van der Waals surface area contributed by atoms with Crippen molar-refractivity contribution in [2.45, 2.75) is 19.0 Å². The van der Waals surface area contributed by atoms with E-state index in [-0.39, 0.29) is 36.1 Å². The molecule has 0 spiro atoms. The monoisotopic (exact) mass is 372 g/mol. The number of nitrogens with zero attached hydrogens (tertiary/aromatic N) is 1. The highest BCUT2D eigenvalue weighted by atomic mass is 35.5. The van der Waals surface area contributed by atoms with E-state index in [1.807, 2.05) is 0 Å². The minimum atomic E-state index is -3.16. The highest BCUT2D eigenvalue weighted by molar-refractivity contribution is 7.90. The normalized spacial score (nSPS) is 12.4. The third-order valence-electron chi connectivity index (χ3n) is 2.90. The van der Waals surface area contributed by atoms with Gasteiger partial charge in [0.15, 0.2) is 0 Å². The first-order valence-electron chi connectivity index (χ1n) is 6.22. The summed E-state index contributed by atoms with van der Waals surface area (Å²) in [6.45, 7) is 0.166. The molecule has 1 rings (SSSR count). The predicted octanol–water partition coefficient (Wildman–Crippen LogP) is 1.62. The molecule has 9 heteroatoms. The third kappa shape index (κ3) is 6.91. The van der Waals surface area contributed by atoms with Gasteiger partial charge in [-0.05, 0) is 24.1 Å². The maximum Gasteiger partial charge on any atom is 0.239 e. The first kappa shape index (κ1) is 21.1. The maximum absolute atomic E-state index is 13.3. The van der Waals surface area contributed by atoms with Crippen molar-refractivity contribution in [3.8, 4) is 0 Å². The molecule has 0 bridgehead atoms.